The Morgan fingerprint density at radius 3 is 3.00 bits per heavy atom. The first-order chi connectivity index (χ1) is 5.38. The largest absolute Gasteiger partial charge is 0.316 e. The second-order valence-electron chi connectivity index (χ2n) is 3.07. The van der Waals surface area contributed by atoms with Crippen LogP contribution in [-0.2, 0) is 7.05 Å². The molecule has 0 bridgehead atoms. The molecule has 0 aromatic carbocycles. The molecule has 0 amide bonds. The summed E-state index contributed by atoms with van der Waals surface area (Å²) in [4.78, 5) is 0. The number of aryl methyl sites for hydroxylation is 1. The van der Waals surface area contributed by atoms with E-state index in [2.05, 4.69) is 16.5 Å². The third kappa shape index (κ3) is 1.62. The normalized spacial score (nSPS) is 22.2. The van der Waals surface area contributed by atoms with Crippen LogP contribution in [0.2, 0.25) is 0 Å². The fraction of sp³-hybridized carbons (Fsp3) is 0.625. The Labute approximate surface area is 78.6 Å². The summed E-state index contributed by atoms with van der Waals surface area (Å²) >= 11 is 0. The summed E-state index contributed by atoms with van der Waals surface area (Å²) in [6.45, 7) is 2.26. The van der Waals surface area contributed by atoms with Crippen LogP contribution in [0, 0.1) is 0 Å². The van der Waals surface area contributed by atoms with E-state index in [0.717, 1.165) is 13.1 Å². The molecule has 3 nitrogen and oxygen atoms in total. The third-order valence-electron chi connectivity index (χ3n) is 2.34. The summed E-state index contributed by atoms with van der Waals surface area (Å²) in [6, 6.07) is 2.11. The van der Waals surface area contributed by atoms with Gasteiger partial charge in [-0.1, -0.05) is 0 Å². The van der Waals surface area contributed by atoms with Crippen LogP contribution in [0.15, 0.2) is 12.3 Å². The van der Waals surface area contributed by atoms with Gasteiger partial charge in [0.25, 0.3) is 0 Å². The molecule has 2 heterocycles. The van der Waals surface area contributed by atoms with Crippen LogP contribution in [0.4, 0.5) is 0 Å². The molecule has 1 unspecified atom stereocenters. The lowest BCUT2D eigenvalue weighted by atomic mass is 10.1. The summed E-state index contributed by atoms with van der Waals surface area (Å²) in [5.74, 6) is 0.683. The molecule has 1 aliphatic rings. The molecule has 1 saturated heterocycles. The number of halogens is 1. The summed E-state index contributed by atoms with van der Waals surface area (Å²) in [5, 5.41) is 7.50. The van der Waals surface area contributed by atoms with E-state index in [-0.39, 0.29) is 12.4 Å². The van der Waals surface area contributed by atoms with E-state index in [0.29, 0.717) is 5.92 Å². The van der Waals surface area contributed by atoms with Gasteiger partial charge >= 0.3 is 0 Å². The van der Waals surface area contributed by atoms with E-state index in [1.54, 1.807) is 0 Å². The van der Waals surface area contributed by atoms with Gasteiger partial charge in [-0.25, -0.2) is 0 Å². The first-order valence-electron chi connectivity index (χ1n) is 4.06. The van der Waals surface area contributed by atoms with Gasteiger partial charge in [-0.3, -0.25) is 4.68 Å². The lowest BCUT2D eigenvalue weighted by molar-refractivity contribution is 0.637. The number of aromatic nitrogens is 2. The molecule has 1 N–H and O–H groups in total. The Balaban J connectivity index is 0.000000720. The van der Waals surface area contributed by atoms with Gasteiger partial charge in [0, 0.05) is 31.4 Å². The lowest BCUT2D eigenvalue weighted by Crippen LogP contribution is -2.10. The van der Waals surface area contributed by atoms with Gasteiger partial charge < -0.3 is 5.32 Å². The van der Waals surface area contributed by atoms with E-state index >= 15 is 0 Å². The molecular formula is C8H14ClN3. The predicted molar refractivity (Wildman–Crippen MR) is 50.7 cm³/mol. The molecule has 0 aliphatic carbocycles. The van der Waals surface area contributed by atoms with Gasteiger partial charge in [-0.05, 0) is 19.0 Å². The van der Waals surface area contributed by atoms with Crippen molar-refractivity contribution in [3.8, 4) is 0 Å². The summed E-state index contributed by atoms with van der Waals surface area (Å²) in [6.07, 6.45) is 3.12. The van der Waals surface area contributed by atoms with Crippen molar-refractivity contribution in [2.75, 3.05) is 13.1 Å². The van der Waals surface area contributed by atoms with Crippen molar-refractivity contribution in [2.45, 2.75) is 12.3 Å². The molecule has 1 aliphatic heterocycles. The van der Waals surface area contributed by atoms with Crippen molar-refractivity contribution in [3.63, 3.8) is 0 Å². The zero-order valence-corrected chi connectivity index (χ0v) is 7.97. The van der Waals surface area contributed by atoms with E-state index in [9.17, 15) is 0 Å². The van der Waals surface area contributed by atoms with Crippen LogP contribution in [0.3, 0.4) is 0 Å². The van der Waals surface area contributed by atoms with E-state index < -0.39 is 0 Å². The minimum Gasteiger partial charge on any atom is -0.316 e. The van der Waals surface area contributed by atoms with Crippen molar-refractivity contribution in [2.24, 2.45) is 7.05 Å². The Hall–Kier alpha value is -0.540. The van der Waals surface area contributed by atoms with Crippen molar-refractivity contribution in [3.05, 3.63) is 18.0 Å². The Morgan fingerprint density at radius 2 is 2.50 bits per heavy atom. The lowest BCUT2D eigenvalue weighted by Gasteiger charge is -2.07. The highest BCUT2D eigenvalue weighted by Crippen LogP contribution is 2.20. The van der Waals surface area contributed by atoms with Crippen molar-refractivity contribution >= 4 is 12.4 Å². The van der Waals surface area contributed by atoms with Gasteiger partial charge in [-0.15, -0.1) is 12.4 Å². The topological polar surface area (TPSA) is 29.9 Å². The zero-order valence-electron chi connectivity index (χ0n) is 7.16. The molecule has 0 saturated carbocycles. The van der Waals surface area contributed by atoms with Gasteiger partial charge in [0.05, 0.1) is 0 Å². The minimum atomic E-state index is 0. The quantitative estimate of drug-likeness (QED) is 0.709. The average Bonchev–Trinajstić information content (AvgIpc) is 2.55. The first-order valence-corrected chi connectivity index (χ1v) is 4.06. The smallest absolute Gasteiger partial charge is 0.0492 e. The number of rotatable bonds is 1. The van der Waals surface area contributed by atoms with Crippen LogP contribution in [0.5, 0.6) is 0 Å². The Bertz CT molecular complexity index is 240. The van der Waals surface area contributed by atoms with E-state index in [1.165, 1.54) is 12.1 Å². The maximum Gasteiger partial charge on any atom is 0.0492 e. The highest BCUT2D eigenvalue weighted by Gasteiger charge is 2.18. The maximum absolute atomic E-state index is 4.15. The van der Waals surface area contributed by atoms with Crippen LogP contribution >= 0.6 is 12.4 Å². The number of hydrogen-bond donors (Lipinski definition) is 1. The van der Waals surface area contributed by atoms with E-state index in [4.69, 9.17) is 0 Å². The summed E-state index contributed by atoms with van der Waals surface area (Å²) in [7, 11) is 2.01. The van der Waals surface area contributed by atoms with Crippen LogP contribution in [0.1, 0.15) is 18.0 Å². The molecule has 1 aromatic heterocycles. The van der Waals surface area contributed by atoms with Gasteiger partial charge in [0.2, 0.25) is 0 Å². The molecule has 0 spiro atoms. The number of hydrogen-bond acceptors (Lipinski definition) is 2. The molecule has 0 radical (unpaired) electrons. The van der Waals surface area contributed by atoms with Crippen molar-refractivity contribution in [1.29, 1.82) is 0 Å². The van der Waals surface area contributed by atoms with Crippen LogP contribution in [-0.4, -0.2) is 22.9 Å². The molecule has 4 heteroatoms. The average molecular weight is 188 g/mol. The van der Waals surface area contributed by atoms with Crippen molar-refractivity contribution < 1.29 is 0 Å². The highest BCUT2D eigenvalue weighted by atomic mass is 35.5. The van der Waals surface area contributed by atoms with Gasteiger partial charge in [0.1, 0.15) is 0 Å². The second-order valence-corrected chi connectivity index (χ2v) is 3.07. The molecule has 1 aromatic rings. The first kappa shape index (κ1) is 9.55. The van der Waals surface area contributed by atoms with Gasteiger partial charge in [0.15, 0.2) is 0 Å². The van der Waals surface area contributed by atoms with Crippen LogP contribution < -0.4 is 5.32 Å². The third-order valence-corrected chi connectivity index (χ3v) is 2.34. The fourth-order valence-corrected chi connectivity index (χ4v) is 1.69. The second kappa shape index (κ2) is 3.92. The Morgan fingerprint density at radius 1 is 1.67 bits per heavy atom. The van der Waals surface area contributed by atoms with Crippen molar-refractivity contribution in [1.82, 2.24) is 15.1 Å². The van der Waals surface area contributed by atoms with Gasteiger partial charge in [-0.2, -0.15) is 5.10 Å². The monoisotopic (exact) mass is 187 g/mol. The molecule has 12 heavy (non-hydrogen) atoms. The molecule has 1 atom stereocenters. The fourth-order valence-electron chi connectivity index (χ4n) is 1.69. The van der Waals surface area contributed by atoms with E-state index in [1.807, 2.05) is 17.9 Å². The zero-order chi connectivity index (χ0) is 7.68. The standard InChI is InChI=1S/C8H13N3.ClH/c1-11-8(3-5-10-11)7-2-4-9-6-7;/h3,5,7,9H,2,4,6H2,1H3;1H. The maximum atomic E-state index is 4.15. The SMILES string of the molecule is Cl.Cn1nccc1C1CCNC1. The summed E-state index contributed by atoms with van der Waals surface area (Å²) in [5.41, 5.74) is 1.36. The molecule has 1 fully saturated rings. The van der Waals surface area contributed by atoms with Crippen LogP contribution in [0.25, 0.3) is 0 Å². The summed E-state index contributed by atoms with van der Waals surface area (Å²) < 4.78 is 1.97. The molecular weight excluding hydrogens is 174 g/mol. The highest BCUT2D eigenvalue weighted by molar-refractivity contribution is 5.85. The predicted octanol–water partition coefficient (Wildman–Crippen LogP) is 0.919. The molecule has 2 rings (SSSR count). The number of nitrogens with zero attached hydrogens (tertiary/aromatic N) is 2. The molecule has 68 valence electrons. The minimum absolute atomic E-state index is 0. The number of nitrogens with one attached hydrogen (secondary N) is 1. The Kier molecular flexibility index (Phi) is 3.12.